The Balaban J connectivity index is 2.38. The van der Waals surface area contributed by atoms with Crippen LogP contribution in [0.5, 0.6) is 5.75 Å². The SMILES string of the molecule is CCO[C@H](CCN(C)C)CNC(=O)Cc1ccc(OC)cc1. The number of carbonyl (C=O) groups excluding carboxylic acids is 1. The molecular formula is C17H28N2O3. The van der Waals surface area contributed by atoms with E-state index in [-0.39, 0.29) is 12.0 Å². The van der Waals surface area contributed by atoms with Gasteiger partial charge in [0.15, 0.2) is 0 Å². The van der Waals surface area contributed by atoms with Gasteiger partial charge < -0.3 is 19.7 Å². The van der Waals surface area contributed by atoms with Crippen LogP contribution in [0, 0.1) is 0 Å². The summed E-state index contributed by atoms with van der Waals surface area (Å²) in [4.78, 5) is 14.1. The minimum absolute atomic E-state index is 0.0136. The Labute approximate surface area is 133 Å². The predicted molar refractivity (Wildman–Crippen MR) is 88.3 cm³/mol. The smallest absolute Gasteiger partial charge is 0.224 e. The Morgan fingerprint density at radius 2 is 1.95 bits per heavy atom. The number of hydrogen-bond acceptors (Lipinski definition) is 4. The van der Waals surface area contributed by atoms with Gasteiger partial charge in [0.25, 0.3) is 0 Å². The Morgan fingerprint density at radius 1 is 1.27 bits per heavy atom. The van der Waals surface area contributed by atoms with Crippen LogP contribution < -0.4 is 10.1 Å². The van der Waals surface area contributed by atoms with E-state index in [0.29, 0.717) is 19.6 Å². The fraction of sp³-hybridized carbons (Fsp3) is 0.588. The van der Waals surface area contributed by atoms with Crippen molar-refractivity contribution in [3.05, 3.63) is 29.8 Å². The lowest BCUT2D eigenvalue weighted by Crippen LogP contribution is -2.36. The summed E-state index contributed by atoms with van der Waals surface area (Å²) in [6.45, 7) is 4.13. The van der Waals surface area contributed by atoms with Crippen molar-refractivity contribution >= 4 is 5.91 Å². The molecule has 1 aromatic carbocycles. The second kappa shape index (κ2) is 10.2. The monoisotopic (exact) mass is 308 g/mol. The fourth-order valence-corrected chi connectivity index (χ4v) is 2.10. The van der Waals surface area contributed by atoms with Gasteiger partial charge in [0, 0.05) is 19.7 Å². The van der Waals surface area contributed by atoms with Crippen LogP contribution in [0.3, 0.4) is 0 Å². The zero-order valence-electron chi connectivity index (χ0n) is 14.1. The molecular weight excluding hydrogens is 280 g/mol. The molecule has 0 radical (unpaired) electrons. The summed E-state index contributed by atoms with van der Waals surface area (Å²) in [7, 11) is 5.69. The van der Waals surface area contributed by atoms with Crippen LogP contribution in [0.1, 0.15) is 18.9 Å². The van der Waals surface area contributed by atoms with Gasteiger partial charge in [-0.25, -0.2) is 0 Å². The zero-order chi connectivity index (χ0) is 16.4. The molecule has 1 N–H and O–H groups in total. The summed E-state index contributed by atoms with van der Waals surface area (Å²) in [5.74, 6) is 0.809. The van der Waals surface area contributed by atoms with Crippen molar-refractivity contribution in [2.24, 2.45) is 0 Å². The first-order valence-electron chi connectivity index (χ1n) is 7.71. The highest BCUT2D eigenvalue weighted by atomic mass is 16.5. The van der Waals surface area contributed by atoms with Gasteiger partial charge in [-0.1, -0.05) is 12.1 Å². The van der Waals surface area contributed by atoms with Gasteiger partial charge in [-0.15, -0.1) is 0 Å². The Bertz CT molecular complexity index is 432. The normalized spacial score (nSPS) is 12.2. The zero-order valence-corrected chi connectivity index (χ0v) is 14.1. The van der Waals surface area contributed by atoms with Crippen LogP contribution in [0.25, 0.3) is 0 Å². The topological polar surface area (TPSA) is 50.8 Å². The van der Waals surface area contributed by atoms with Crippen molar-refractivity contribution in [3.8, 4) is 5.75 Å². The summed E-state index contributed by atoms with van der Waals surface area (Å²) in [5, 5.41) is 2.95. The Hall–Kier alpha value is -1.59. The van der Waals surface area contributed by atoms with Crippen LogP contribution in [-0.2, 0) is 16.0 Å². The average molecular weight is 308 g/mol. The maximum atomic E-state index is 12.0. The number of ether oxygens (including phenoxy) is 2. The molecule has 1 rings (SSSR count). The Kier molecular flexibility index (Phi) is 8.55. The van der Waals surface area contributed by atoms with E-state index >= 15 is 0 Å². The third-order valence-electron chi connectivity index (χ3n) is 3.35. The molecule has 0 aromatic heterocycles. The van der Waals surface area contributed by atoms with Gasteiger partial charge in [0.05, 0.1) is 19.6 Å². The van der Waals surface area contributed by atoms with Gasteiger partial charge in [-0.2, -0.15) is 0 Å². The van der Waals surface area contributed by atoms with Crippen LogP contribution >= 0.6 is 0 Å². The molecule has 1 atom stereocenters. The molecule has 0 unspecified atom stereocenters. The summed E-state index contributed by atoms with van der Waals surface area (Å²) < 4.78 is 10.8. The molecule has 0 spiro atoms. The number of amides is 1. The number of rotatable bonds is 10. The number of benzene rings is 1. The van der Waals surface area contributed by atoms with E-state index in [1.165, 1.54) is 0 Å². The highest BCUT2D eigenvalue weighted by Gasteiger charge is 2.11. The molecule has 0 aliphatic rings. The molecule has 5 heteroatoms. The predicted octanol–water partition coefficient (Wildman–Crippen LogP) is 1.71. The molecule has 0 aliphatic carbocycles. The van der Waals surface area contributed by atoms with Gasteiger partial charge in [0.2, 0.25) is 5.91 Å². The number of nitrogens with one attached hydrogen (secondary N) is 1. The van der Waals surface area contributed by atoms with Crippen molar-refractivity contribution in [2.75, 3.05) is 40.9 Å². The van der Waals surface area contributed by atoms with Crippen molar-refractivity contribution in [1.82, 2.24) is 10.2 Å². The molecule has 22 heavy (non-hydrogen) atoms. The quantitative estimate of drug-likeness (QED) is 0.715. The van der Waals surface area contributed by atoms with E-state index < -0.39 is 0 Å². The summed E-state index contributed by atoms with van der Waals surface area (Å²) in [6.07, 6.45) is 1.34. The third kappa shape index (κ3) is 7.43. The van der Waals surface area contributed by atoms with E-state index in [4.69, 9.17) is 9.47 Å². The van der Waals surface area contributed by atoms with Gasteiger partial charge in [-0.05, 0) is 45.1 Å². The molecule has 1 aromatic rings. The largest absolute Gasteiger partial charge is 0.497 e. The number of hydrogen-bond donors (Lipinski definition) is 1. The second-order valence-electron chi connectivity index (χ2n) is 5.50. The summed E-state index contributed by atoms with van der Waals surface area (Å²) in [6, 6.07) is 7.54. The first-order valence-corrected chi connectivity index (χ1v) is 7.71. The minimum atomic E-state index is 0.0136. The lowest BCUT2D eigenvalue weighted by Gasteiger charge is -2.19. The fourth-order valence-electron chi connectivity index (χ4n) is 2.10. The standard InChI is InChI=1S/C17H28N2O3/c1-5-22-16(10-11-19(2)3)13-18-17(20)12-14-6-8-15(21-4)9-7-14/h6-9,16H,5,10-13H2,1-4H3,(H,18,20)/t16-/m1/s1. The highest BCUT2D eigenvalue weighted by Crippen LogP contribution is 2.11. The molecule has 124 valence electrons. The maximum Gasteiger partial charge on any atom is 0.224 e. The van der Waals surface area contributed by atoms with Crippen molar-refractivity contribution in [1.29, 1.82) is 0 Å². The second-order valence-corrected chi connectivity index (χ2v) is 5.50. The first kappa shape index (κ1) is 18.5. The van der Waals surface area contributed by atoms with Crippen LogP contribution in [-0.4, -0.2) is 57.8 Å². The molecule has 0 aliphatic heterocycles. The van der Waals surface area contributed by atoms with E-state index in [0.717, 1.165) is 24.3 Å². The van der Waals surface area contributed by atoms with Crippen molar-refractivity contribution < 1.29 is 14.3 Å². The molecule has 1 amide bonds. The van der Waals surface area contributed by atoms with E-state index in [1.54, 1.807) is 7.11 Å². The molecule has 5 nitrogen and oxygen atoms in total. The number of nitrogens with zero attached hydrogens (tertiary/aromatic N) is 1. The molecule has 0 heterocycles. The lowest BCUT2D eigenvalue weighted by molar-refractivity contribution is -0.121. The van der Waals surface area contributed by atoms with Crippen molar-refractivity contribution in [2.45, 2.75) is 25.9 Å². The van der Waals surface area contributed by atoms with Crippen LogP contribution in [0.15, 0.2) is 24.3 Å². The molecule has 0 saturated heterocycles. The van der Waals surface area contributed by atoms with E-state index in [2.05, 4.69) is 10.2 Å². The lowest BCUT2D eigenvalue weighted by atomic mass is 10.1. The van der Waals surface area contributed by atoms with Crippen molar-refractivity contribution in [3.63, 3.8) is 0 Å². The molecule has 0 fully saturated rings. The first-order chi connectivity index (χ1) is 10.5. The van der Waals surface area contributed by atoms with Crippen LogP contribution in [0.4, 0.5) is 0 Å². The van der Waals surface area contributed by atoms with Gasteiger partial charge in [0.1, 0.15) is 5.75 Å². The van der Waals surface area contributed by atoms with Gasteiger partial charge >= 0.3 is 0 Å². The van der Waals surface area contributed by atoms with Gasteiger partial charge in [-0.3, -0.25) is 4.79 Å². The Morgan fingerprint density at radius 3 is 2.50 bits per heavy atom. The third-order valence-corrected chi connectivity index (χ3v) is 3.35. The highest BCUT2D eigenvalue weighted by molar-refractivity contribution is 5.78. The molecule has 0 saturated carbocycles. The minimum Gasteiger partial charge on any atom is -0.497 e. The van der Waals surface area contributed by atoms with E-state index in [1.807, 2.05) is 45.3 Å². The average Bonchev–Trinajstić information content (AvgIpc) is 2.50. The molecule has 0 bridgehead atoms. The number of carbonyl (C=O) groups is 1. The summed E-state index contributed by atoms with van der Waals surface area (Å²) >= 11 is 0. The van der Waals surface area contributed by atoms with Crippen LogP contribution in [0.2, 0.25) is 0 Å². The maximum absolute atomic E-state index is 12.0. The number of methoxy groups -OCH3 is 1. The summed E-state index contributed by atoms with van der Waals surface area (Å²) in [5.41, 5.74) is 0.972. The van der Waals surface area contributed by atoms with E-state index in [9.17, 15) is 4.79 Å².